The minimum Gasteiger partial charge on any atom is -0.377 e. The van der Waals surface area contributed by atoms with E-state index in [9.17, 15) is 0 Å². The topological polar surface area (TPSA) is 18.5 Å². The molecule has 0 aromatic rings. The third-order valence-corrected chi connectivity index (χ3v) is 8.92. The maximum absolute atomic E-state index is 6.25. The van der Waals surface area contributed by atoms with Gasteiger partial charge in [-0.25, -0.2) is 0 Å². The first kappa shape index (κ1) is 12.5. The quantitative estimate of drug-likeness (QED) is 0.683. The van der Waals surface area contributed by atoms with Crippen LogP contribution in [0.2, 0.25) is 0 Å². The molecule has 0 saturated carbocycles. The summed E-state index contributed by atoms with van der Waals surface area (Å²) in [6.45, 7) is 5.85. The van der Waals surface area contributed by atoms with Crippen LogP contribution in [0, 0.1) is 0 Å². The summed E-state index contributed by atoms with van der Waals surface area (Å²) in [4.78, 5) is 0. The number of hydrogen-bond donors (Lipinski definition) is 0. The van der Waals surface area contributed by atoms with Gasteiger partial charge < -0.3 is 9.47 Å². The Hall–Kier alpha value is 0.0938. The van der Waals surface area contributed by atoms with Crippen molar-refractivity contribution in [3.63, 3.8) is 0 Å². The van der Waals surface area contributed by atoms with Crippen molar-refractivity contribution in [3.8, 4) is 0 Å². The molecule has 2 nitrogen and oxygen atoms in total. The third kappa shape index (κ3) is 2.21. The zero-order chi connectivity index (χ0) is 11.5. The van der Waals surface area contributed by atoms with Crippen LogP contribution in [0.1, 0.15) is 38.5 Å². The second-order valence-electron chi connectivity index (χ2n) is 5.33. The van der Waals surface area contributed by atoms with E-state index < -0.39 is 0 Å². The van der Waals surface area contributed by atoms with E-state index in [-0.39, 0.29) is 20.0 Å². The van der Waals surface area contributed by atoms with Gasteiger partial charge in [0, 0.05) is 23.5 Å². The first-order chi connectivity index (χ1) is 7.72. The molecule has 2 aliphatic heterocycles. The van der Waals surface area contributed by atoms with Gasteiger partial charge in [-0.3, -0.25) is 0 Å². The van der Waals surface area contributed by atoms with Gasteiger partial charge in [0.05, 0.1) is 20.0 Å². The highest BCUT2D eigenvalue weighted by Crippen LogP contribution is 2.40. The van der Waals surface area contributed by atoms with E-state index in [1.54, 1.807) is 0 Å². The summed E-state index contributed by atoms with van der Waals surface area (Å²) in [7, 11) is 0.718. The highest BCUT2D eigenvalue weighted by molar-refractivity contribution is 6.48. The molecule has 2 heterocycles. The Labute approximate surface area is 104 Å². The Morgan fingerprint density at radius 2 is 1.75 bits per heavy atom. The smallest absolute Gasteiger partial charge is 0.0860 e. The van der Waals surface area contributed by atoms with Crippen molar-refractivity contribution in [2.24, 2.45) is 0 Å². The van der Waals surface area contributed by atoms with Crippen LogP contribution < -0.4 is 0 Å². The molecule has 2 rings (SSSR count). The molecule has 2 fully saturated rings. The summed E-state index contributed by atoms with van der Waals surface area (Å²) >= 11 is 0. The van der Waals surface area contributed by atoms with Crippen molar-refractivity contribution >= 4 is 19.8 Å². The first-order valence-electron chi connectivity index (χ1n) is 6.61. The first-order valence-corrected chi connectivity index (χ1v) is 9.14. The Kier molecular flexibility index (Phi) is 4.05. The normalized spacial score (nSPS) is 41.5. The van der Waals surface area contributed by atoms with Crippen LogP contribution in [-0.2, 0) is 9.47 Å². The molecular formula is C12H24O2Si2. The Bertz CT molecular complexity index is 243. The molecule has 0 aromatic heterocycles. The van der Waals surface area contributed by atoms with Crippen LogP contribution in [-0.4, -0.2) is 43.4 Å². The molecule has 0 radical (unpaired) electrons. The van der Waals surface area contributed by atoms with E-state index in [1.165, 1.54) is 38.5 Å². The van der Waals surface area contributed by atoms with Crippen molar-refractivity contribution in [1.29, 1.82) is 0 Å². The molecule has 2 unspecified atom stereocenters. The van der Waals surface area contributed by atoms with Gasteiger partial charge in [0.15, 0.2) is 0 Å². The van der Waals surface area contributed by atoms with Crippen molar-refractivity contribution < 1.29 is 9.47 Å². The van der Waals surface area contributed by atoms with Gasteiger partial charge >= 0.3 is 0 Å². The van der Waals surface area contributed by atoms with Crippen molar-refractivity contribution in [2.75, 3.05) is 13.2 Å². The van der Waals surface area contributed by atoms with Crippen molar-refractivity contribution in [3.05, 3.63) is 12.3 Å². The van der Waals surface area contributed by atoms with E-state index in [2.05, 4.69) is 12.3 Å². The summed E-state index contributed by atoms with van der Waals surface area (Å²) < 4.78 is 12.4. The minimum absolute atomic E-state index is 0.0969. The van der Waals surface area contributed by atoms with Crippen LogP contribution >= 0.6 is 0 Å². The largest absolute Gasteiger partial charge is 0.377 e. The van der Waals surface area contributed by atoms with E-state index in [1.807, 2.05) is 0 Å². The molecule has 2 atom stereocenters. The van der Waals surface area contributed by atoms with Gasteiger partial charge in [0.1, 0.15) is 0 Å². The molecule has 0 bridgehead atoms. The molecule has 0 N–H and O–H groups in total. The molecule has 0 aromatic carbocycles. The summed E-state index contributed by atoms with van der Waals surface area (Å²) in [5.74, 6) is 0. The van der Waals surface area contributed by atoms with Gasteiger partial charge in [-0.15, -0.1) is 12.3 Å². The average Bonchev–Trinajstić information content (AvgIpc) is 2.31. The second kappa shape index (κ2) is 5.16. The second-order valence-corrected chi connectivity index (χ2v) is 9.07. The lowest BCUT2D eigenvalue weighted by Gasteiger charge is -2.51. The third-order valence-electron chi connectivity index (χ3n) is 4.26. The number of hydrogen-bond acceptors (Lipinski definition) is 2. The molecule has 16 heavy (non-hydrogen) atoms. The van der Waals surface area contributed by atoms with Crippen LogP contribution in [0.15, 0.2) is 12.3 Å². The Morgan fingerprint density at radius 3 is 2.25 bits per heavy atom. The highest BCUT2D eigenvalue weighted by atomic mass is 28.2. The zero-order valence-electron chi connectivity index (χ0n) is 10.5. The molecule has 92 valence electrons. The lowest BCUT2D eigenvalue weighted by Crippen LogP contribution is -2.63. The minimum atomic E-state index is -0.381. The molecule has 4 heteroatoms. The van der Waals surface area contributed by atoms with Gasteiger partial charge in [0.25, 0.3) is 0 Å². The Morgan fingerprint density at radius 1 is 1.06 bits per heavy atom. The van der Waals surface area contributed by atoms with Gasteiger partial charge in [-0.1, -0.05) is 0 Å². The highest BCUT2D eigenvalue weighted by Gasteiger charge is 2.50. The van der Waals surface area contributed by atoms with E-state index in [0.29, 0.717) is 0 Å². The SMILES string of the molecule is C=C[SiH2]C1(C2([SiH3])CCCCO2)CCCCO1. The fourth-order valence-electron chi connectivity index (χ4n) is 3.17. The summed E-state index contributed by atoms with van der Waals surface area (Å²) in [5.41, 5.74) is 2.16. The molecule has 0 aliphatic carbocycles. The van der Waals surface area contributed by atoms with E-state index in [4.69, 9.17) is 9.47 Å². The maximum Gasteiger partial charge on any atom is 0.0860 e. The average molecular weight is 256 g/mol. The molecule has 2 aliphatic rings. The fourth-order valence-corrected chi connectivity index (χ4v) is 6.63. The summed E-state index contributed by atoms with van der Waals surface area (Å²) in [6, 6.07) is 0. The van der Waals surface area contributed by atoms with Crippen LogP contribution in [0.3, 0.4) is 0 Å². The standard InChI is InChI=1S/C12H24O2Si2/c1-2-16-12(8-4-6-10-14-12)11(15)7-3-5-9-13-11/h2H,1,3-10,16H2,15H3. The number of rotatable bonds is 3. The zero-order valence-corrected chi connectivity index (χ0v) is 13.9. The van der Waals surface area contributed by atoms with Crippen LogP contribution in [0.25, 0.3) is 0 Å². The van der Waals surface area contributed by atoms with E-state index in [0.717, 1.165) is 23.5 Å². The van der Waals surface area contributed by atoms with Gasteiger partial charge in [-0.2, -0.15) is 0 Å². The monoisotopic (exact) mass is 256 g/mol. The summed E-state index contributed by atoms with van der Waals surface area (Å²) in [6.07, 6.45) is 7.53. The van der Waals surface area contributed by atoms with Gasteiger partial charge in [0.2, 0.25) is 0 Å². The van der Waals surface area contributed by atoms with Gasteiger partial charge in [-0.05, 0) is 38.5 Å². The lowest BCUT2D eigenvalue weighted by atomic mass is 9.96. The Balaban J connectivity index is 2.18. The van der Waals surface area contributed by atoms with E-state index >= 15 is 0 Å². The van der Waals surface area contributed by atoms with Crippen molar-refractivity contribution in [1.82, 2.24) is 0 Å². The van der Waals surface area contributed by atoms with Crippen LogP contribution in [0.4, 0.5) is 0 Å². The maximum atomic E-state index is 6.25. The van der Waals surface area contributed by atoms with Crippen LogP contribution in [0.5, 0.6) is 0 Å². The number of ether oxygens (including phenoxy) is 2. The summed E-state index contributed by atoms with van der Waals surface area (Å²) in [5, 5.41) is 0.200. The predicted molar refractivity (Wildman–Crippen MR) is 73.7 cm³/mol. The predicted octanol–water partition coefficient (Wildman–Crippen LogP) is 0.458. The van der Waals surface area contributed by atoms with Crippen molar-refractivity contribution in [2.45, 2.75) is 49.0 Å². The molecule has 0 spiro atoms. The molecular weight excluding hydrogens is 232 g/mol. The molecule has 0 amide bonds. The molecule has 2 saturated heterocycles. The lowest BCUT2D eigenvalue weighted by molar-refractivity contribution is -0.158. The fraction of sp³-hybridized carbons (Fsp3) is 0.833.